The van der Waals surface area contributed by atoms with Gasteiger partial charge in [0.25, 0.3) is 0 Å². The summed E-state index contributed by atoms with van der Waals surface area (Å²) in [5, 5.41) is 11.3. The van der Waals surface area contributed by atoms with Crippen molar-refractivity contribution in [2.24, 2.45) is 0 Å². The molecule has 1 N–H and O–H groups in total. The van der Waals surface area contributed by atoms with E-state index in [4.69, 9.17) is 0 Å². The van der Waals surface area contributed by atoms with Crippen molar-refractivity contribution in [1.29, 1.82) is 0 Å². The standard InChI is InChI=1S/C15H20N4/c1-12-4-2-3-5-15(12)13-10-14(11-13)16-6-8-19-9-7-17-18-19/h2-5,7,9,13-14,16H,6,8,10-11H2,1H3. The Morgan fingerprint density at radius 1 is 1.32 bits per heavy atom. The quantitative estimate of drug-likeness (QED) is 0.891. The number of benzene rings is 1. The van der Waals surface area contributed by atoms with Crippen LogP contribution in [-0.2, 0) is 6.54 Å². The molecule has 0 radical (unpaired) electrons. The average molecular weight is 256 g/mol. The second kappa shape index (κ2) is 5.53. The Morgan fingerprint density at radius 3 is 2.89 bits per heavy atom. The van der Waals surface area contributed by atoms with E-state index in [0.29, 0.717) is 6.04 Å². The van der Waals surface area contributed by atoms with Crippen molar-refractivity contribution in [3.63, 3.8) is 0 Å². The maximum absolute atomic E-state index is 3.96. The van der Waals surface area contributed by atoms with Crippen LogP contribution in [0.1, 0.15) is 29.9 Å². The third-order valence-electron chi connectivity index (χ3n) is 4.01. The molecule has 1 aliphatic rings. The lowest BCUT2D eigenvalue weighted by Gasteiger charge is -2.37. The molecule has 1 fully saturated rings. The highest BCUT2D eigenvalue weighted by Crippen LogP contribution is 2.38. The maximum Gasteiger partial charge on any atom is 0.0692 e. The van der Waals surface area contributed by atoms with Gasteiger partial charge in [0.15, 0.2) is 0 Å². The number of rotatable bonds is 5. The van der Waals surface area contributed by atoms with Crippen molar-refractivity contribution in [1.82, 2.24) is 20.3 Å². The summed E-state index contributed by atoms with van der Waals surface area (Å²) in [5.74, 6) is 0.741. The van der Waals surface area contributed by atoms with Crippen LogP contribution in [0.4, 0.5) is 0 Å². The van der Waals surface area contributed by atoms with Gasteiger partial charge in [0, 0.05) is 18.8 Å². The van der Waals surface area contributed by atoms with E-state index in [-0.39, 0.29) is 0 Å². The number of nitrogens with one attached hydrogen (secondary N) is 1. The minimum absolute atomic E-state index is 0.660. The first-order chi connectivity index (χ1) is 9.33. The lowest BCUT2D eigenvalue weighted by molar-refractivity contribution is 0.285. The van der Waals surface area contributed by atoms with Crippen molar-refractivity contribution in [3.05, 3.63) is 47.8 Å². The van der Waals surface area contributed by atoms with Gasteiger partial charge in [0.2, 0.25) is 0 Å². The molecular weight excluding hydrogens is 236 g/mol. The molecule has 0 amide bonds. The second-order valence-corrected chi connectivity index (χ2v) is 5.34. The molecule has 0 spiro atoms. The Hall–Kier alpha value is -1.68. The molecule has 3 rings (SSSR count). The van der Waals surface area contributed by atoms with Crippen LogP contribution in [0.25, 0.3) is 0 Å². The van der Waals surface area contributed by atoms with Gasteiger partial charge in [0.05, 0.1) is 12.7 Å². The van der Waals surface area contributed by atoms with Crippen molar-refractivity contribution in [2.45, 2.75) is 38.3 Å². The zero-order chi connectivity index (χ0) is 13.1. The fourth-order valence-corrected chi connectivity index (χ4v) is 2.82. The molecule has 19 heavy (non-hydrogen) atoms. The van der Waals surface area contributed by atoms with E-state index in [1.54, 1.807) is 6.20 Å². The van der Waals surface area contributed by atoms with Gasteiger partial charge in [-0.25, -0.2) is 0 Å². The Kier molecular flexibility index (Phi) is 3.60. The normalized spacial score (nSPS) is 22.2. The van der Waals surface area contributed by atoms with E-state index in [9.17, 15) is 0 Å². The van der Waals surface area contributed by atoms with Gasteiger partial charge in [0.1, 0.15) is 0 Å². The molecule has 4 heteroatoms. The molecule has 4 nitrogen and oxygen atoms in total. The van der Waals surface area contributed by atoms with Crippen LogP contribution in [0.5, 0.6) is 0 Å². The molecule has 0 saturated heterocycles. The molecular formula is C15H20N4. The smallest absolute Gasteiger partial charge is 0.0692 e. The molecule has 1 aromatic carbocycles. The molecule has 0 bridgehead atoms. The largest absolute Gasteiger partial charge is 0.312 e. The van der Waals surface area contributed by atoms with E-state index >= 15 is 0 Å². The summed E-state index contributed by atoms with van der Waals surface area (Å²) >= 11 is 0. The fraction of sp³-hybridized carbons (Fsp3) is 0.467. The summed E-state index contributed by atoms with van der Waals surface area (Å²) in [6.45, 7) is 4.07. The highest BCUT2D eigenvalue weighted by molar-refractivity contribution is 5.31. The lowest BCUT2D eigenvalue weighted by atomic mass is 9.74. The van der Waals surface area contributed by atoms with Crippen molar-refractivity contribution >= 4 is 0 Å². The first kappa shape index (κ1) is 12.4. The number of hydrogen-bond donors (Lipinski definition) is 1. The van der Waals surface area contributed by atoms with Crippen molar-refractivity contribution < 1.29 is 0 Å². The predicted molar refractivity (Wildman–Crippen MR) is 75.0 cm³/mol. The molecule has 1 aromatic heterocycles. The van der Waals surface area contributed by atoms with Gasteiger partial charge in [-0.05, 0) is 36.8 Å². The summed E-state index contributed by atoms with van der Waals surface area (Å²) in [5.41, 5.74) is 2.95. The number of aromatic nitrogens is 3. The third kappa shape index (κ3) is 2.84. The SMILES string of the molecule is Cc1ccccc1C1CC(NCCn2ccnn2)C1. The molecule has 1 saturated carbocycles. The fourth-order valence-electron chi connectivity index (χ4n) is 2.82. The highest BCUT2D eigenvalue weighted by Gasteiger charge is 2.30. The van der Waals surface area contributed by atoms with Gasteiger partial charge >= 0.3 is 0 Å². The van der Waals surface area contributed by atoms with Crippen molar-refractivity contribution in [2.75, 3.05) is 6.54 Å². The van der Waals surface area contributed by atoms with E-state index < -0.39 is 0 Å². The van der Waals surface area contributed by atoms with Crippen LogP contribution in [-0.4, -0.2) is 27.6 Å². The molecule has 100 valence electrons. The topological polar surface area (TPSA) is 42.7 Å². The zero-order valence-corrected chi connectivity index (χ0v) is 11.3. The highest BCUT2D eigenvalue weighted by atomic mass is 15.4. The average Bonchev–Trinajstić information content (AvgIpc) is 2.87. The summed E-state index contributed by atoms with van der Waals surface area (Å²) in [6, 6.07) is 9.40. The van der Waals surface area contributed by atoms with Crippen LogP contribution in [0.2, 0.25) is 0 Å². The van der Waals surface area contributed by atoms with E-state index in [2.05, 4.69) is 46.8 Å². The van der Waals surface area contributed by atoms with Gasteiger partial charge in [-0.2, -0.15) is 0 Å². The minimum Gasteiger partial charge on any atom is -0.312 e. The lowest BCUT2D eigenvalue weighted by Crippen LogP contribution is -2.41. The molecule has 2 aromatic rings. The third-order valence-corrected chi connectivity index (χ3v) is 4.01. The first-order valence-corrected chi connectivity index (χ1v) is 6.96. The number of hydrogen-bond acceptors (Lipinski definition) is 3. The molecule has 0 unspecified atom stereocenters. The summed E-state index contributed by atoms with van der Waals surface area (Å²) in [7, 11) is 0. The summed E-state index contributed by atoms with van der Waals surface area (Å²) in [4.78, 5) is 0. The van der Waals surface area contributed by atoms with Gasteiger partial charge in [-0.1, -0.05) is 29.5 Å². The second-order valence-electron chi connectivity index (χ2n) is 5.34. The Bertz CT molecular complexity index is 515. The Morgan fingerprint density at radius 2 is 2.16 bits per heavy atom. The van der Waals surface area contributed by atoms with Crippen molar-refractivity contribution in [3.8, 4) is 0 Å². The zero-order valence-electron chi connectivity index (χ0n) is 11.3. The van der Waals surface area contributed by atoms with E-state index in [1.165, 1.54) is 24.0 Å². The molecule has 0 aliphatic heterocycles. The summed E-state index contributed by atoms with van der Waals surface area (Å²) in [6.07, 6.45) is 6.13. The Balaban J connectivity index is 1.42. The predicted octanol–water partition coefficient (Wildman–Crippen LogP) is 2.12. The van der Waals surface area contributed by atoms with Gasteiger partial charge in [-0.3, -0.25) is 4.68 Å². The van der Waals surface area contributed by atoms with Crippen LogP contribution < -0.4 is 5.32 Å². The van der Waals surface area contributed by atoms with Crippen LogP contribution in [0.3, 0.4) is 0 Å². The Labute approximate surface area is 113 Å². The monoisotopic (exact) mass is 256 g/mol. The maximum atomic E-state index is 3.96. The molecule has 0 atom stereocenters. The van der Waals surface area contributed by atoms with Gasteiger partial charge in [-0.15, -0.1) is 5.10 Å². The summed E-state index contributed by atoms with van der Waals surface area (Å²) < 4.78 is 1.87. The van der Waals surface area contributed by atoms with Crippen LogP contribution in [0, 0.1) is 6.92 Å². The van der Waals surface area contributed by atoms with Gasteiger partial charge < -0.3 is 5.32 Å². The number of aryl methyl sites for hydroxylation is 1. The van der Waals surface area contributed by atoms with E-state index in [0.717, 1.165) is 19.0 Å². The molecule has 1 aliphatic carbocycles. The first-order valence-electron chi connectivity index (χ1n) is 6.96. The minimum atomic E-state index is 0.660. The molecule has 1 heterocycles. The number of nitrogens with zero attached hydrogens (tertiary/aromatic N) is 3. The van der Waals surface area contributed by atoms with Crippen LogP contribution in [0.15, 0.2) is 36.7 Å². The van der Waals surface area contributed by atoms with E-state index in [1.807, 2.05) is 10.9 Å². The van der Waals surface area contributed by atoms with Crippen LogP contribution >= 0.6 is 0 Å².